The highest BCUT2D eigenvalue weighted by Gasteiger charge is 2.12. The Labute approximate surface area is 113 Å². The van der Waals surface area contributed by atoms with Gasteiger partial charge < -0.3 is 10.2 Å². The molecule has 0 radical (unpaired) electrons. The molecule has 0 amide bonds. The van der Waals surface area contributed by atoms with E-state index in [1.807, 2.05) is 0 Å². The van der Waals surface area contributed by atoms with Crippen LogP contribution >= 0.6 is 11.8 Å². The molecule has 2 rings (SSSR count). The third kappa shape index (κ3) is 3.52. The Kier molecular flexibility index (Phi) is 4.48. The summed E-state index contributed by atoms with van der Waals surface area (Å²) in [4.78, 5) is 10.5. The highest BCUT2D eigenvalue weighted by atomic mass is 32.2. The number of hydrogen-bond acceptors (Lipinski definition) is 7. The molecule has 0 unspecified atom stereocenters. The van der Waals surface area contributed by atoms with Crippen molar-refractivity contribution in [2.24, 2.45) is 5.73 Å². The first-order valence-corrected chi connectivity index (χ1v) is 6.57. The van der Waals surface area contributed by atoms with Gasteiger partial charge in [0.05, 0.1) is 11.5 Å². The molecule has 1 aromatic carbocycles. The lowest BCUT2D eigenvalue weighted by atomic mass is 10.1. The lowest BCUT2D eigenvalue weighted by Crippen LogP contribution is -1.96. The van der Waals surface area contributed by atoms with Gasteiger partial charge in [0.2, 0.25) is 5.89 Å². The van der Waals surface area contributed by atoms with E-state index in [1.54, 1.807) is 18.2 Å². The van der Waals surface area contributed by atoms with Crippen LogP contribution in [0, 0.1) is 10.1 Å². The summed E-state index contributed by atoms with van der Waals surface area (Å²) in [6.07, 6.45) is 0.558. The largest absolute Gasteiger partial charge is 0.415 e. The SMILES string of the molecule is NCc1nnc(SCCc2ccccc2[N+](=O)[O-])o1. The summed E-state index contributed by atoms with van der Waals surface area (Å²) in [7, 11) is 0. The van der Waals surface area contributed by atoms with Gasteiger partial charge >= 0.3 is 0 Å². The lowest BCUT2D eigenvalue weighted by molar-refractivity contribution is -0.385. The molecule has 0 spiro atoms. The van der Waals surface area contributed by atoms with Crippen molar-refractivity contribution in [3.8, 4) is 0 Å². The van der Waals surface area contributed by atoms with Crippen LogP contribution in [0.2, 0.25) is 0 Å². The molecule has 0 bridgehead atoms. The Morgan fingerprint density at radius 3 is 2.84 bits per heavy atom. The third-order valence-electron chi connectivity index (χ3n) is 2.41. The van der Waals surface area contributed by atoms with Crippen molar-refractivity contribution in [3.05, 3.63) is 45.8 Å². The first-order chi connectivity index (χ1) is 9.20. The maximum Gasteiger partial charge on any atom is 0.276 e. The van der Waals surface area contributed by atoms with E-state index in [9.17, 15) is 10.1 Å². The standard InChI is InChI=1S/C11H12N4O3S/c12-7-10-13-14-11(18-10)19-6-5-8-3-1-2-4-9(8)15(16)17/h1-4H,5-7,12H2. The van der Waals surface area contributed by atoms with Crippen LogP contribution in [0.3, 0.4) is 0 Å². The average Bonchev–Trinajstić information content (AvgIpc) is 2.87. The van der Waals surface area contributed by atoms with Gasteiger partial charge in [-0.25, -0.2) is 0 Å². The third-order valence-corrected chi connectivity index (χ3v) is 3.23. The van der Waals surface area contributed by atoms with Crippen molar-refractivity contribution < 1.29 is 9.34 Å². The predicted octanol–water partition coefficient (Wildman–Crippen LogP) is 1.77. The molecule has 0 aliphatic carbocycles. The fourth-order valence-electron chi connectivity index (χ4n) is 1.53. The molecule has 0 fully saturated rings. The molecular formula is C11H12N4O3S. The molecule has 2 aromatic rings. The second kappa shape index (κ2) is 6.30. The van der Waals surface area contributed by atoms with E-state index in [4.69, 9.17) is 10.2 Å². The summed E-state index contributed by atoms with van der Waals surface area (Å²) >= 11 is 1.35. The minimum atomic E-state index is -0.376. The summed E-state index contributed by atoms with van der Waals surface area (Å²) in [5, 5.41) is 18.8. The van der Waals surface area contributed by atoms with Gasteiger partial charge in [-0.15, -0.1) is 10.2 Å². The zero-order chi connectivity index (χ0) is 13.7. The number of thioether (sulfide) groups is 1. The van der Waals surface area contributed by atoms with E-state index in [-0.39, 0.29) is 17.2 Å². The van der Waals surface area contributed by atoms with Gasteiger partial charge in [0.25, 0.3) is 10.9 Å². The summed E-state index contributed by atoms with van der Waals surface area (Å²) < 4.78 is 5.23. The summed E-state index contributed by atoms with van der Waals surface area (Å²) in [6.45, 7) is 0.206. The number of nitro benzene ring substituents is 1. The van der Waals surface area contributed by atoms with E-state index >= 15 is 0 Å². The molecule has 0 aliphatic heterocycles. The Bertz CT molecular complexity index is 573. The van der Waals surface area contributed by atoms with Crippen LogP contribution in [0.1, 0.15) is 11.5 Å². The van der Waals surface area contributed by atoms with Gasteiger partial charge in [0.1, 0.15) is 0 Å². The van der Waals surface area contributed by atoms with Crippen LogP contribution < -0.4 is 5.73 Å². The van der Waals surface area contributed by atoms with Crippen molar-refractivity contribution in [3.63, 3.8) is 0 Å². The van der Waals surface area contributed by atoms with Crippen molar-refractivity contribution in [2.75, 3.05) is 5.75 Å². The van der Waals surface area contributed by atoms with Gasteiger partial charge in [-0.05, 0) is 6.42 Å². The first kappa shape index (κ1) is 13.5. The number of aryl methyl sites for hydroxylation is 1. The van der Waals surface area contributed by atoms with Crippen molar-refractivity contribution >= 4 is 17.4 Å². The molecule has 1 aromatic heterocycles. The smallest absolute Gasteiger partial charge is 0.276 e. The van der Waals surface area contributed by atoms with Crippen molar-refractivity contribution in [1.82, 2.24) is 10.2 Å². The molecule has 2 N–H and O–H groups in total. The second-order valence-corrected chi connectivity index (χ2v) is 4.70. The van der Waals surface area contributed by atoms with Crippen LogP contribution in [-0.4, -0.2) is 20.9 Å². The van der Waals surface area contributed by atoms with E-state index in [1.165, 1.54) is 17.8 Å². The van der Waals surface area contributed by atoms with E-state index in [0.717, 1.165) is 0 Å². The van der Waals surface area contributed by atoms with Crippen molar-refractivity contribution in [2.45, 2.75) is 18.2 Å². The van der Waals surface area contributed by atoms with E-state index in [2.05, 4.69) is 10.2 Å². The highest BCUT2D eigenvalue weighted by Crippen LogP contribution is 2.22. The summed E-state index contributed by atoms with van der Waals surface area (Å²) in [5.41, 5.74) is 6.18. The monoisotopic (exact) mass is 280 g/mol. The number of nitro groups is 1. The van der Waals surface area contributed by atoms with Crippen LogP contribution in [0.4, 0.5) is 5.69 Å². The van der Waals surface area contributed by atoms with Crippen LogP contribution in [0.15, 0.2) is 33.9 Å². The molecule has 100 valence electrons. The quantitative estimate of drug-likeness (QED) is 0.488. The number of hydrogen-bond donors (Lipinski definition) is 1. The molecule has 0 saturated carbocycles. The van der Waals surface area contributed by atoms with E-state index < -0.39 is 0 Å². The van der Waals surface area contributed by atoms with Crippen molar-refractivity contribution in [1.29, 1.82) is 0 Å². The van der Waals surface area contributed by atoms with Gasteiger partial charge in [-0.3, -0.25) is 10.1 Å². The zero-order valence-electron chi connectivity index (χ0n) is 9.98. The minimum Gasteiger partial charge on any atom is -0.415 e. The molecule has 7 nitrogen and oxygen atoms in total. The van der Waals surface area contributed by atoms with Crippen LogP contribution in [-0.2, 0) is 13.0 Å². The number of rotatable bonds is 6. The molecule has 8 heteroatoms. The molecule has 0 atom stereocenters. The zero-order valence-corrected chi connectivity index (χ0v) is 10.8. The topological polar surface area (TPSA) is 108 Å². The molecule has 1 heterocycles. The predicted molar refractivity (Wildman–Crippen MR) is 69.7 cm³/mol. The molecule has 19 heavy (non-hydrogen) atoms. The normalized spacial score (nSPS) is 10.6. The number of benzene rings is 1. The number of nitrogens with two attached hydrogens (primary N) is 1. The average molecular weight is 280 g/mol. The summed E-state index contributed by atoms with van der Waals surface area (Å²) in [6, 6.07) is 6.68. The van der Waals surface area contributed by atoms with E-state index in [0.29, 0.717) is 28.9 Å². The Morgan fingerprint density at radius 2 is 2.16 bits per heavy atom. The molecular weight excluding hydrogens is 268 g/mol. The van der Waals surface area contributed by atoms with Crippen LogP contribution in [0.25, 0.3) is 0 Å². The first-order valence-electron chi connectivity index (χ1n) is 5.58. The maximum absolute atomic E-state index is 10.8. The highest BCUT2D eigenvalue weighted by molar-refractivity contribution is 7.99. The molecule has 0 saturated heterocycles. The Hall–Kier alpha value is -1.93. The number of para-hydroxylation sites is 1. The molecule has 0 aliphatic rings. The van der Waals surface area contributed by atoms with Gasteiger partial charge in [0.15, 0.2) is 0 Å². The van der Waals surface area contributed by atoms with Gasteiger partial charge in [0, 0.05) is 17.4 Å². The number of nitrogens with zero attached hydrogens (tertiary/aromatic N) is 3. The maximum atomic E-state index is 10.8. The second-order valence-electron chi connectivity index (χ2n) is 3.65. The van der Waals surface area contributed by atoms with Gasteiger partial charge in [-0.2, -0.15) is 0 Å². The lowest BCUT2D eigenvalue weighted by Gasteiger charge is -2.00. The van der Waals surface area contributed by atoms with Crippen LogP contribution in [0.5, 0.6) is 0 Å². The summed E-state index contributed by atoms with van der Waals surface area (Å²) in [5.74, 6) is 1.00. The minimum absolute atomic E-state index is 0.135. The van der Waals surface area contributed by atoms with Gasteiger partial charge in [-0.1, -0.05) is 30.0 Å². The fraction of sp³-hybridized carbons (Fsp3) is 0.273. The Balaban J connectivity index is 1.94. The number of aromatic nitrogens is 2. The fourth-order valence-corrected chi connectivity index (χ4v) is 2.28. The Morgan fingerprint density at radius 1 is 1.37 bits per heavy atom.